The van der Waals surface area contributed by atoms with Gasteiger partial charge in [-0.05, 0) is 24.0 Å². The van der Waals surface area contributed by atoms with Crippen molar-refractivity contribution in [2.75, 3.05) is 6.54 Å². The van der Waals surface area contributed by atoms with E-state index >= 15 is 0 Å². The van der Waals surface area contributed by atoms with Crippen molar-refractivity contribution in [2.45, 2.75) is 43.8 Å². The van der Waals surface area contributed by atoms with Gasteiger partial charge in [0.15, 0.2) is 0 Å². The minimum Gasteiger partial charge on any atom is -0.481 e. The summed E-state index contributed by atoms with van der Waals surface area (Å²) in [5.74, 6) is -4.65. The number of nitrogens with one attached hydrogen (secondary N) is 3. The Morgan fingerprint density at radius 1 is 0.694 bits per heavy atom. The molecule has 2 aromatic carbocycles. The van der Waals surface area contributed by atoms with Crippen molar-refractivity contribution in [3.05, 3.63) is 71.8 Å². The summed E-state index contributed by atoms with van der Waals surface area (Å²) in [6, 6.07) is 14.6. The Balaban J connectivity index is 2.16. The quantitative estimate of drug-likeness (QED) is 0.207. The van der Waals surface area contributed by atoms with Crippen LogP contribution in [-0.2, 0) is 36.8 Å². The highest BCUT2D eigenvalue weighted by Gasteiger charge is 2.29. The summed E-state index contributed by atoms with van der Waals surface area (Å²) in [7, 11) is 0. The van der Waals surface area contributed by atoms with Gasteiger partial charge in [0, 0.05) is 12.8 Å². The molecule has 2 aromatic rings. The zero-order valence-electron chi connectivity index (χ0n) is 19.6. The van der Waals surface area contributed by atoms with Gasteiger partial charge in [-0.1, -0.05) is 60.7 Å². The lowest BCUT2D eigenvalue weighted by Gasteiger charge is -2.24. The van der Waals surface area contributed by atoms with E-state index in [1.807, 2.05) is 30.3 Å². The molecule has 192 valence electrons. The molecule has 3 atom stereocenters. The van der Waals surface area contributed by atoms with Crippen LogP contribution < -0.4 is 21.7 Å². The number of amides is 3. The van der Waals surface area contributed by atoms with Gasteiger partial charge in [0.05, 0.1) is 6.04 Å². The van der Waals surface area contributed by atoms with Gasteiger partial charge in [0.1, 0.15) is 18.6 Å². The maximum absolute atomic E-state index is 13.2. The minimum absolute atomic E-state index is 0.0822. The first-order valence-electron chi connectivity index (χ1n) is 11.3. The zero-order valence-corrected chi connectivity index (χ0v) is 19.6. The molecule has 0 bridgehead atoms. The fourth-order valence-electron chi connectivity index (χ4n) is 3.39. The number of hydrogen-bond donors (Lipinski definition) is 6. The lowest BCUT2D eigenvalue weighted by molar-refractivity contribution is -0.140. The van der Waals surface area contributed by atoms with E-state index in [-0.39, 0.29) is 19.3 Å². The molecule has 0 aliphatic rings. The maximum atomic E-state index is 13.2. The number of hydrogen-bond acceptors (Lipinski definition) is 6. The van der Waals surface area contributed by atoms with E-state index in [0.717, 1.165) is 11.1 Å². The molecule has 0 aromatic heterocycles. The lowest BCUT2D eigenvalue weighted by atomic mass is 10.0. The average molecular weight is 499 g/mol. The van der Waals surface area contributed by atoms with E-state index < -0.39 is 60.8 Å². The molecule has 0 saturated carbocycles. The monoisotopic (exact) mass is 498 g/mol. The molecule has 3 amide bonds. The molecule has 3 unspecified atom stereocenters. The van der Waals surface area contributed by atoms with Gasteiger partial charge in [-0.25, -0.2) is 0 Å². The Hall–Kier alpha value is -4.25. The third-order valence-electron chi connectivity index (χ3n) is 5.24. The van der Waals surface area contributed by atoms with E-state index in [2.05, 4.69) is 16.0 Å². The van der Waals surface area contributed by atoms with Gasteiger partial charge in [0.25, 0.3) is 0 Å². The van der Waals surface area contributed by atoms with Gasteiger partial charge in [-0.2, -0.15) is 0 Å². The highest BCUT2D eigenvalue weighted by atomic mass is 16.4. The van der Waals surface area contributed by atoms with E-state index in [9.17, 15) is 24.0 Å². The van der Waals surface area contributed by atoms with E-state index in [0.29, 0.717) is 0 Å². The molecule has 0 fully saturated rings. The van der Waals surface area contributed by atoms with Crippen molar-refractivity contribution in [3.63, 3.8) is 0 Å². The van der Waals surface area contributed by atoms with Crippen LogP contribution in [0.3, 0.4) is 0 Å². The standard InChI is InChI=1S/C25H30N4O7/c26-18(13-16-7-3-1-4-8-16)23(34)29-20(14-17-9-5-2-6-10-17)25(36)28-19(11-12-21(30)31)24(35)27-15-22(32)33/h1-10,18-20H,11-15,26H2,(H,27,35)(H,28,36)(H,29,34)(H,30,31)(H,32,33). The van der Waals surface area contributed by atoms with Crippen LogP contribution in [0, 0.1) is 0 Å². The normalized spacial score (nSPS) is 13.0. The van der Waals surface area contributed by atoms with Crippen molar-refractivity contribution >= 4 is 29.7 Å². The average Bonchev–Trinajstić information content (AvgIpc) is 2.85. The SMILES string of the molecule is NC(Cc1ccccc1)C(=O)NC(Cc1ccccc1)C(=O)NC(CCC(=O)O)C(=O)NCC(=O)O. The van der Waals surface area contributed by atoms with Gasteiger partial charge < -0.3 is 31.9 Å². The van der Waals surface area contributed by atoms with E-state index in [1.54, 1.807) is 30.3 Å². The largest absolute Gasteiger partial charge is 0.481 e. The van der Waals surface area contributed by atoms with Gasteiger partial charge in [-0.15, -0.1) is 0 Å². The van der Waals surface area contributed by atoms with Crippen LogP contribution in [0.2, 0.25) is 0 Å². The first-order chi connectivity index (χ1) is 17.2. The highest BCUT2D eigenvalue weighted by molar-refractivity contribution is 5.94. The van der Waals surface area contributed by atoms with Crippen LogP contribution in [0.4, 0.5) is 0 Å². The molecule has 0 heterocycles. The third-order valence-corrected chi connectivity index (χ3v) is 5.24. The summed E-state index contributed by atoms with van der Waals surface area (Å²) in [6.45, 7) is -0.698. The Labute approximate surface area is 208 Å². The topological polar surface area (TPSA) is 188 Å². The maximum Gasteiger partial charge on any atom is 0.322 e. The molecule has 11 heteroatoms. The van der Waals surface area contributed by atoms with Gasteiger partial charge in [0.2, 0.25) is 17.7 Å². The Bertz CT molecular complexity index is 1050. The number of carboxylic acid groups (broad SMARTS) is 2. The summed E-state index contributed by atoms with van der Waals surface area (Å²) in [4.78, 5) is 60.2. The molecule has 0 spiro atoms. The van der Waals surface area contributed by atoms with E-state index in [4.69, 9.17) is 15.9 Å². The van der Waals surface area contributed by atoms with Crippen LogP contribution in [0.25, 0.3) is 0 Å². The number of benzene rings is 2. The molecular formula is C25H30N4O7. The van der Waals surface area contributed by atoms with Gasteiger partial charge >= 0.3 is 11.9 Å². The summed E-state index contributed by atoms with van der Waals surface area (Å²) >= 11 is 0. The fraction of sp³-hybridized carbons (Fsp3) is 0.320. The Kier molecular flexibility index (Phi) is 11.1. The van der Waals surface area contributed by atoms with Crippen molar-refractivity contribution in [1.29, 1.82) is 0 Å². The van der Waals surface area contributed by atoms with Crippen molar-refractivity contribution in [2.24, 2.45) is 5.73 Å². The molecule has 36 heavy (non-hydrogen) atoms. The Morgan fingerprint density at radius 2 is 1.22 bits per heavy atom. The summed E-state index contributed by atoms with van der Waals surface area (Å²) in [6.07, 6.45) is -0.390. The molecular weight excluding hydrogens is 468 g/mol. The van der Waals surface area contributed by atoms with Crippen LogP contribution in [0.5, 0.6) is 0 Å². The van der Waals surface area contributed by atoms with Crippen LogP contribution >= 0.6 is 0 Å². The second-order valence-electron chi connectivity index (χ2n) is 8.15. The molecule has 0 aliphatic heterocycles. The second-order valence-corrected chi connectivity index (χ2v) is 8.15. The number of carbonyl (C=O) groups is 5. The predicted molar refractivity (Wildman–Crippen MR) is 130 cm³/mol. The summed E-state index contributed by atoms with van der Waals surface area (Å²) in [5, 5.41) is 25.0. The van der Waals surface area contributed by atoms with Crippen LogP contribution in [0.15, 0.2) is 60.7 Å². The molecule has 7 N–H and O–H groups in total. The second kappa shape index (κ2) is 14.2. The van der Waals surface area contributed by atoms with Gasteiger partial charge in [-0.3, -0.25) is 24.0 Å². The number of carboxylic acids is 2. The number of carbonyl (C=O) groups excluding carboxylic acids is 3. The smallest absolute Gasteiger partial charge is 0.322 e. The first-order valence-corrected chi connectivity index (χ1v) is 11.3. The minimum atomic E-state index is -1.32. The molecule has 0 radical (unpaired) electrons. The molecule has 0 saturated heterocycles. The summed E-state index contributed by atoms with van der Waals surface area (Å²) < 4.78 is 0. The zero-order chi connectivity index (χ0) is 26.5. The van der Waals surface area contributed by atoms with Crippen molar-refractivity contribution in [1.82, 2.24) is 16.0 Å². The van der Waals surface area contributed by atoms with Crippen LogP contribution in [-0.4, -0.2) is 64.5 Å². The first kappa shape index (κ1) is 28.0. The van der Waals surface area contributed by atoms with Crippen LogP contribution in [0.1, 0.15) is 24.0 Å². The fourth-order valence-corrected chi connectivity index (χ4v) is 3.39. The summed E-state index contributed by atoms with van der Waals surface area (Å²) in [5.41, 5.74) is 7.63. The van der Waals surface area contributed by atoms with Crippen molar-refractivity contribution in [3.8, 4) is 0 Å². The number of rotatable bonds is 14. The molecule has 0 aliphatic carbocycles. The van der Waals surface area contributed by atoms with Crippen molar-refractivity contribution < 1.29 is 34.2 Å². The lowest BCUT2D eigenvalue weighted by Crippen LogP contribution is -2.57. The third kappa shape index (κ3) is 9.94. The predicted octanol–water partition coefficient (Wildman–Crippen LogP) is -0.166. The number of aliphatic carboxylic acids is 2. The highest BCUT2D eigenvalue weighted by Crippen LogP contribution is 2.07. The number of nitrogens with two attached hydrogens (primary N) is 1. The van der Waals surface area contributed by atoms with E-state index in [1.165, 1.54) is 0 Å². The molecule has 11 nitrogen and oxygen atoms in total. The molecule has 2 rings (SSSR count). The Morgan fingerprint density at radius 3 is 1.75 bits per heavy atom.